The van der Waals surface area contributed by atoms with Crippen molar-refractivity contribution in [3.8, 4) is 0 Å². The predicted molar refractivity (Wildman–Crippen MR) is 97.5 cm³/mol. The van der Waals surface area contributed by atoms with Gasteiger partial charge in [-0.3, -0.25) is 9.69 Å². The van der Waals surface area contributed by atoms with Crippen molar-refractivity contribution in [2.75, 3.05) is 6.61 Å². The highest BCUT2D eigenvalue weighted by atomic mass is 35.6. The first-order valence-electron chi connectivity index (χ1n) is 7.66. The average Bonchev–Trinajstić information content (AvgIpc) is 2.51. The second-order valence-electron chi connectivity index (χ2n) is 5.78. The zero-order valence-electron chi connectivity index (χ0n) is 13.7. The van der Waals surface area contributed by atoms with Gasteiger partial charge >= 0.3 is 12.1 Å². The molecule has 0 unspecified atom stereocenters. The normalized spacial score (nSPS) is 16.6. The van der Waals surface area contributed by atoms with Gasteiger partial charge in [-0.05, 0) is 31.1 Å². The number of nitrogens with zero attached hydrogens (tertiary/aromatic N) is 1. The fourth-order valence-corrected chi connectivity index (χ4v) is 2.63. The summed E-state index contributed by atoms with van der Waals surface area (Å²) in [7, 11) is 0. The van der Waals surface area contributed by atoms with Crippen LogP contribution in [0.4, 0.5) is 4.79 Å². The topological polar surface area (TPSA) is 55.8 Å². The van der Waals surface area contributed by atoms with Gasteiger partial charge in [0.15, 0.2) is 0 Å². The maximum Gasteiger partial charge on any atom is 0.414 e. The lowest BCUT2D eigenvalue weighted by molar-refractivity contribution is -0.148. The molecular formula is C17H18Cl3NO4. The number of hydrogen-bond acceptors (Lipinski definition) is 4. The summed E-state index contributed by atoms with van der Waals surface area (Å²) >= 11 is 16.9. The highest BCUT2D eigenvalue weighted by Crippen LogP contribution is 2.34. The summed E-state index contributed by atoms with van der Waals surface area (Å²) in [6, 6.07) is 6.90. The highest BCUT2D eigenvalue weighted by molar-refractivity contribution is 6.67. The van der Waals surface area contributed by atoms with Gasteiger partial charge in [0.1, 0.15) is 6.61 Å². The summed E-state index contributed by atoms with van der Waals surface area (Å²) < 4.78 is 8.54. The molecule has 1 aromatic carbocycles. The molecule has 25 heavy (non-hydrogen) atoms. The summed E-state index contributed by atoms with van der Waals surface area (Å²) in [6.45, 7) is 3.13. The fraction of sp³-hybridized carbons (Fsp3) is 0.412. The number of rotatable bonds is 4. The van der Waals surface area contributed by atoms with Gasteiger partial charge in [0.05, 0.1) is 18.6 Å². The molecule has 0 aliphatic carbocycles. The molecule has 1 amide bonds. The maximum absolute atomic E-state index is 12.4. The summed E-state index contributed by atoms with van der Waals surface area (Å²) in [5.41, 5.74) is 1.73. The van der Waals surface area contributed by atoms with E-state index in [9.17, 15) is 9.59 Å². The number of esters is 1. The van der Waals surface area contributed by atoms with Crippen LogP contribution in [-0.4, -0.2) is 33.5 Å². The van der Waals surface area contributed by atoms with E-state index < -0.39 is 28.5 Å². The van der Waals surface area contributed by atoms with Crippen molar-refractivity contribution in [2.45, 2.75) is 36.2 Å². The number of fused-ring (bicyclic) bond motifs is 1. The molecule has 1 aliphatic heterocycles. The number of benzene rings is 1. The smallest absolute Gasteiger partial charge is 0.414 e. The number of alkyl halides is 3. The quantitative estimate of drug-likeness (QED) is 0.529. The van der Waals surface area contributed by atoms with Crippen LogP contribution in [0, 0.1) is 0 Å². The third-order valence-corrected chi connectivity index (χ3v) is 3.73. The monoisotopic (exact) mass is 405 g/mol. The Hall–Kier alpha value is -1.43. The van der Waals surface area contributed by atoms with E-state index in [1.165, 1.54) is 4.90 Å². The Morgan fingerprint density at radius 3 is 2.56 bits per heavy atom. The van der Waals surface area contributed by atoms with Gasteiger partial charge in [0, 0.05) is 6.20 Å². The van der Waals surface area contributed by atoms with Crippen molar-refractivity contribution in [1.29, 1.82) is 0 Å². The number of hydrogen-bond donors (Lipinski definition) is 0. The summed E-state index contributed by atoms with van der Waals surface area (Å²) in [4.78, 5) is 25.8. The van der Waals surface area contributed by atoms with E-state index in [0.29, 0.717) is 0 Å². The van der Waals surface area contributed by atoms with E-state index in [2.05, 4.69) is 0 Å². The lowest BCUT2D eigenvalue weighted by Gasteiger charge is -2.32. The third kappa shape index (κ3) is 5.80. The van der Waals surface area contributed by atoms with Crippen molar-refractivity contribution >= 4 is 52.9 Å². The maximum atomic E-state index is 12.4. The van der Waals surface area contributed by atoms with Crippen molar-refractivity contribution < 1.29 is 19.1 Å². The molecule has 5 nitrogen and oxygen atoms in total. The number of amides is 1. The Balaban J connectivity index is 2.22. The van der Waals surface area contributed by atoms with Gasteiger partial charge in [-0.25, -0.2) is 4.79 Å². The van der Waals surface area contributed by atoms with Crippen molar-refractivity contribution in [3.63, 3.8) is 0 Å². The predicted octanol–water partition coefficient (Wildman–Crippen LogP) is 4.86. The number of carbonyl (C=O) groups excluding carboxylic acids is 2. The Morgan fingerprint density at radius 1 is 1.24 bits per heavy atom. The Morgan fingerprint density at radius 2 is 1.92 bits per heavy atom. The number of halogens is 3. The second-order valence-corrected chi connectivity index (χ2v) is 8.30. The molecule has 1 aliphatic rings. The van der Waals surface area contributed by atoms with Crippen molar-refractivity contribution in [1.82, 2.24) is 4.90 Å². The zero-order valence-corrected chi connectivity index (χ0v) is 16.0. The highest BCUT2D eigenvalue weighted by Gasteiger charge is 2.33. The first kappa shape index (κ1) is 19.9. The molecule has 0 saturated heterocycles. The van der Waals surface area contributed by atoms with Gasteiger partial charge in [-0.1, -0.05) is 59.1 Å². The minimum atomic E-state index is -1.71. The third-order valence-electron chi connectivity index (χ3n) is 3.40. The zero-order chi connectivity index (χ0) is 18.6. The van der Waals surface area contributed by atoms with Gasteiger partial charge in [-0.15, -0.1) is 0 Å². The second kappa shape index (κ2) is 8.30. The molecule has 2 rings (SSSR count). The Bertz CT molecular complexity index is 670. The van der Waals surface area contributed by atoms with Crippen LogP contribution in [0.1, 0.15) is 37.4 Å². The Kier molecular flexibility index (Phi) is 6.60. The van der Waals surface area contributed by atoms with Crippen LogP contribution in [0.3, 0.4) is 0 Å². The van der Waals surface area contributed by atoms with Gasteiger partial charge in [-0.2, -0.15) is 0 Å². The van der Waals surface area contributed by atoms with Gasteiger partial charge < -0.3 is 9.47 Å². The van der Waals surface area contributed by atoms with Crippen molar-refractivity contribution in [2.24, 2.45) is 0 Å². The number of carbonyl (C=O) groups is 2. The van der Waals surface area contributed by atoms with Crippen LogP contribution in [-0.2, 0) is 14.3 Å². The lowest BCUT2D eigenvalue weighted by atomic mass is 9.94. The molecule has 1 heterocycles. The largest absolute Gasteiger partial charge is 0.463 e. The van der Waals surface area contributed by atoms with Crippen LogP contribution in [0.2, 0.25) is 0 Å². The van der Waals surface area contributed by atoms with E-state index in [1.807, 2.05) is 24.3 Å². The van der Waals surface area contributed by atoms with E-state index in [1.54, 1.807) is 26.1 Å². The molecule has 1 aromatic rings. The van der Waals surface area contributed by atoms with E-state index in [-0.39, 0.29) is 12.5 Å². The van der Waals surface area contributed by atoms with Gasteiger partial charge in [0.2, 0.25) is 3.79 Å². The number of ether oxygens (including phenoxy) is 2. The molecule has 8 heteroatoms. The van der Waals surface area contributed by atoms with Crippen LogP contribution < -0.4 is 0 Å². The average molecular weight is 407 g/mol. The molecular weight excluding hydrogens is 389 g/mol. The molecule has 0 N–H and O–H groups in total. The fourth-order valence-electron chi connectivity index (χ4n) is 2.46. The first-order chi connectivity index (χ1) is 11.7. The molecule has 0 radical (unpaired) electrons. The minimum absolute atomic E-state index is 0.0115. The first-order valence-corrected chi connectivity index (χ1v) is 8.79. The van der Waals surface area contributed by atoms with Crippen molar-refractivity contribution in [3.05, 3.63) is 41.6 Å². The molecule has 0 saturated carbocycles. The molecule has 0 aromatic heterocycles. The summed E-state index contributed by atoms with van der Waals surface area (Å²) in [6.07, 6.45) is 2.35. The van der Waals surface area contributed by atoms with Crippen LogP contribution in [0.15, 0.2) is 30.5 Å². The SMILES string of the molecule is CC(C)OC(=O)C[C@@H]1c2ccccc2C=CN1C(=O)OCC(Cl)(Cl)Cl. The van der Waals surface area contributed by atoms with Crippen LogP contribution in [0.25, 0.3) is 6.08 Å². The molecule has 0 fully saturated rings. The Labute approximate surface area is 161 Å². The molecule has 1 atom stereocenters. The molecule has 0 bridgehead atoms. The van der Waals surface area contributed by atoms with E-state index >= 15 is 0 Å². The van der Waals surface area contributed by atoms with Crippen LogP contribution >= 0.6 is 34.8 Å². The lowest BCUT2D eigenvalue weighted by Crippen LogP contribution is -2.36. The van der Waals surface area contributed by atoms with Crippen LogP contribution in [0.5, 0.6) is 0 Å². The molecule has 0 spiro atoms. The van der Waals surface area contributed by atoms with E-state index in [4.69, 9.17) is 44.3 Å². The van der Waals surface area contributed by atoms with Gasteiger partial charge in [0.25, 0.3) is 0 Å². The summed E-state index contributed by atoms with van der Waals surface area (Å²) in [5, 5.41) is 0. The minimum Gasteiger partial charge on any atom is -0.463 e. The molecule has 136 valence electrons. The van der Waals surface area contributed by atoms with E-state index in [0.717, 1.165) is 11.1 Å². The summed E-state index contributed by atoms with van der Waals surface area (Å²) in [5.74, 6) is -0.413. The standard InChI is InChI=1S/C17H18Cl3NO4/c1-11(2)25-15(22)9-14-13-6-4-3-5-12(13)7-8-21(14)16(23)24-10-17(18,19)20/h3-8,11,14H,9-10H2,1-2H3/t14-/m1/s1.